The fourth-order valence-corrected chi connectivity index (χ4v) is 3.06. The van der Waals surface area contributed by atoms with Gasteiger partial charge in [0.25, 0.3) is 0 Å². The smallest absolute Gasteiger partial charge is 0.303 e. The van der Waals surface area contributed by atoms with Crippen LogP contribution in [0.4, 0.5) is 4.39 Å². The number of aliphatic hydroxyl groups excluding tert-OH is 1. The van der Waals surface area contributed by atoms with E-state index in [1.807, 2.05) is 18.2 Å². The maximum absolute atomic E-state index is 12.9. The van der Waals surface area contributed by atoms with Gasteiger partial charge < -0.3 is 15.1 Å². The second-order valence-corrected chi connectivity index (χ2v) is 6.69. The molecule has 2 N–H and O–H groups in total. The van der Waals surface area contributed by atoms with Gasteiger partial charge in [-0.3, -0.25) is 9.59 Å². The number of hydrogen-bond acceptors (Lipinski definition) is 3. The van der Waals surface area contributed by atoms with E-state index in [1.54, 1.807) is 23.1 Å². The van der Waals surface area contributed by atoms with Crippen LogP contribution in [0.25, 0.3) is 0 Å². The summed E-state index contributed by atoms with van der Waals surface area (Å²) >= 11 is 0. The van der Waals surface area contributed by atoms with Gasteiger partial charge in [-0.15, -0.1) is 0 Å². The van der Waals surface area contributed by atoms with Crippen molar-refractivity contribution in [3.63, 3.8) is 0 Å². The number of nitrogens with zero attached hydrogens (tertiary/aromatic N) is 1. The number of carbonyl (C=O) groups excluding carboxylic acids is 1. The molecule has 2 atom stereocenters. The number of aliphatic carboxylic acids is 1. The van der Waals surface area contributed by atoms with E-state index in [1.165, 1.54) is 12.1 Å². The molecule has 0 radical (unpaired) electrons. The minimum atomic E-state index is -0.803. The van der Waals surface area contributed by atoms with E-state index in [-0.39, 0.29) is 24.2 Å². The van der Waals surface area contributed by atoms with Gasteiger partial charge in [0.2, 0.25) is 5.91 Å². The normalized spacial score (nSPS) is 18.7. The molecular formula is C21H26FNO4. The number of carbonyl (C=O) groups is 2. The molecule has 1 aliphatic heterocycles. The topological polar surface area (TPSA) is 77.8 Å². The highest BCUT2D eigenvalue weighted by Crippen LogP contribution is 2.20. The summed E-state index contributed by atoms with van der Waals surface area (Å²) in [5.74, 6) is -1.03. The molecule has 1 aliphatic rings. The first-order valence-corrected chi connectivity index (χ1v) is 9.23. The molecule has 1 heterocycles. The molecule has 1 saturated heterocycles. The SMILES string of the molecule is O=C(O)CCC/C=C\CN1C(=O)CC[C@@H]1/C=C/[C@@H](O)Cc1ccc(F)cc1. The third-order valence-corrected chi connectivity index (χ3v) is 4.52. The molecule has 146 valence electrons. The van der Waals surface area contributed by atoms with E-state index in [4.69, 9.17) is 5.11 Å². The molecule has 27 heavy (non-hydrogen) atoms. The van der Waals surface area contributed by atoms with Crippen molar-refractivity contribution in [2.75, 3.05) is 6.54 Å². The highest BCUT2D eigenvalue weighted by molar-refractivity contribution is 5.79. The number of likely N-dealkylation sites (tertiary alicyclic amines) is 1. The van der Waals surface area contributed by atoms with E-state index in [0.717, 1.165) is 5.56 Å². The van der Waals surface area contributed by atoms with Crippen molar-refractivity contribution in [1.82, 2.24) is 4.90 Å². The van der Waals surface area contributed by atoms with E-state index in [0.29, 0.717) is 38.6 Å². The molecule has 0 unspecified atom stereocenters. The Hall–Kier alpha value is -2.47. The molecule has 5 nitrogen and oxygen atoms in total. The lowest BCUT2D eigenvalue weighted by Gasteiger charge is -2.21. The second kappa shape index (κ2) is 10.6. The van der Waals surface area contributed by atoms with Gasteiger partial charge in [-0.25, -0.2) is 4.39 Å². The highest BCUT2D eigenvalue weighted by Gasteiger charge is 2.28. The zero-order valence-electron chi connectivity index (χ0n) is 15.3. The summed E-state index contributed by atoms with van der Waals surface area (Å²) in [6, 6.07) is 5.97. The van der Waals surface area contributed by atoms with E-state index in [9.17, 15) is 19.1 Å². The Morgan fingerprint density at radius 3 is 2.74 bits per heavy atom. The molecule has 0 saturated carbocycles. The molecule has 0 bridgehead atoms. The molecule has 1 aromatic rings. The lowest BCUT2D eigenvalue weighted by atomic mass is 10.1. The third-order valence-electron chi connectivity index (χ3n) is 4.52. The zero-order valence-corrected chi connectivity index (χ0v) is 15.3. The van der Waals surface area contributed by atoms with Gasteiger partial charge in [-0.2, -0.15) is 0 Å². The van der Waals surface area contributed by atoms with Crippen LogP contribution in [0.3, 0.4) is 0 Å². The number of amides is 1. The third kappa shape index (κ3) is 7.35. The Morgan fingerprint density at radius 2 is 2.04 bits per heavy atom. The number of carboxylic acids is 1. The van der Waals surface area contributed by atoms with Crippen molar-refractivity contribution in [2.45, 2.75) is 50.7 Å². The molecule has 0 aliphatic carbocycles. The number of hydrogen-bond donors (Lipinski definition) is 2. The van der Waals surface area contributed by atoms with Crippen molar-refractivity contribution in [1.29, 1.82) is 0 Å². The van der Waals surface area contributed by atoms with Crippen LogP contribution in [-0.4, -0.2) is 45.7 Å². The van der Waals surface area contributed by atoms with Crippen LogP contribution in [0.5, 0.6) is 0 Å². The lowest BCUT2D eigenvalue weighted by Crippen LogP contribution is -2.32. The van der Waals surface area contributed by atoms with Crippen molar-refractivity contribution >= 4 is 11.9 Å². The van der Waals surface area contributed by atoms with Crippen molar-refractivity contribution in [3.05, 3.63) is 60.0 Å². The monoisotopic (exact) mass is 375 g/mol. The number of carboxylic acid groups (broad SMARTS) is 1. The minimum Gasteiger partial charge on any atom is -0.481 e. The standard InChI is InChI=1S/C21H26FNO4/c22-17-8-6-16(7-9-17)15-19(24)12-10-18-11-13-20(25)23(18)14-4-2-1-3-5-21(26)27/h2,4,6-10,12,18-19,24H,1,3,5,11,13-15H2,(H,26,27)/b4-2-,12-10+/t18-,19+/m0/s1. The Balaban J connectivity index is 1.81. The Bertz CT molecular complexity index is 684. The van der Waals surface area contributed by atoms with Crippen LogP contribution < -0.4 is 0 Å². The minimum absolute atomic E-state index is 0.0518. The summed E-state index contributed by atoms with van der Waals surface area (Å²) in [6.45, 7) is 0.481. The number of aliphatic hydroxyl groups is 1. The Kier molecular flexibility index (Phi) is 8.20. The van der Waals surface area contributed by atoms with Gasteiger partial charge in [0, 0.05) is 25.8 Å². The van der Waals surface area contributed by atoms with Gasteiger partial charge in [0.15, 0.2) is 0 Å². The molecule has 1 amide bonds. The molecule has 2 rings (SSSR count). The van der Waals surface area contributed by atoms with Crippen molar-refractivity contribution in [2.24, 2.45) is 0 Å². The average molecular weight is 375 g/mol. The fraction of sp³-hybridized carbons (Fsp3) is 0.429. The summed E-state index contributed by atoms with van der Waals surface area (Å²) in [5, 5.41) is 18.8. The summed E-state index contributed by atoms with van der Waals surface area (Å²) < 4.78 is 12.9. The maximum atomic E-state index is 12.9. The first-order chi connectivity index (χ1) is 13.0. The summed E-state index contributed by atoms with van der Waals surface area (Å²) in [5.41, 5.74) is 0.845. The fourth-order valence-electron chi connectivity index (χ4n) is 3.06. The lowest BCUT2D eigenvalue weighted by molar-refractivity contribution is -0.137. The average Bonchev–Trinajstić information content (AvgIpc) is 2.98. The van der Waals surface area contributed by atoms with E-state index < -0.39 is 12.1 Å². The number of benzene rings is 1. The number of allylic oxidation sites excluding steroid dienone is 1. The van der Waals surface area contributed by atoms with Crippen LogP contribution in [0.2, 0.25) is 0 Å². The number of halogens is 1. The number of rotatable bonds is 10. The van der Waals surface area contributed by atoms with Gasteiger partial charge >= 0.3 is 5.97 Å². The molecule has 1 fully saturated rings. The summed E-state index contributed by atoms with van der Waals surface area (Å²) in [4.78, 5) is 24.3. The molecule has 6 heteroatoms. The Labute approximate surface area is 158 Å². The molecule has 0 spiro atoms. The van der Waals surface area contributed by atoms with Crippen LogP contribution in [0.1, 0.15) is 37.7 Å². The quantitative estimate of drug-likeness (QED) is 0.487. The predicted octanol–water partition coefficient (Wildman–Crippen LogP) is 3.09. The van der Waals surface area contributed by atoms with Crippen molar-refractivity contribution < 1.29 is 24.2 Å². The summed E-state index contributed by atoms with van der Waals surface area (Å²) in [7, 11) is 0. The van der Waals surface area contributed by atoms with E-state index >= 15 is 0 Å². The molecule has 1 aromatic carbocycles. The largest absolute Gasteiger partial charge is 0.481 e. The van der Waals surface area contributed by atoms with Crippen LogP contribution in [0, 0.1) is 5.82 Å². The first-order valence-electron chi connectivity index (χ1n) is 9.23. The van der Waals surface area contributed by atoms with Crippen LogP contribution in [0.15, 0.2) is 48.6 Å². The van der Waals surface area contributed by atoms with Crippen LogP contribution >= 0.6 is 0 Å². The highest BCUT2D eigenvalue weighted by atomic mass is 19.1. The van der Waals surface area contributed by atoms with Gasteiger partial charge in [0.1, 0.15) is 5.82 Å². The molecule has 0 aromatic heterocycles. The first kappa shape index (κ1) is 20.8. The van der Waals surface area contributed by atoms with Gasteiger partial charge in [-0.1, -0.05) is 36.4 Å². The number of unbranched alkanes of at least 4 members (excludes halogenated alkanes) is 1. The predicted molar refractivity (Wildman–Crippen MR) is 101 cm³/mol. The Morgan fingerprint density at radius 1 is 1.30 bits per heavy atom. The van der Waals surface area contributed by atoms with Crippen molar-refractivity contribution in [3.8, 4) is 0 Å². The second-order valence-electron chi connectivity index (χ2n) is 6.69. The van der Waals surface area contributed by atoms with E-state index in [2.05, 4.69) is 0 Å². The van der Waals surface area contributed by atoms with Gasteiger partial charge in [-0.05, 0) is 37.0 Å². The zero-order chi connectivity index (χ0) is 19.6. The van der Waals surface area contributed by atoms with Crippen LogP contribution in [-0.2, 0) is 16.0 Å². The summed E-state index contributed by atoms with van der Waals surface area (Å²) in [6.07, 6.45) is 9.63. The maximum Gasteiger partial charge on any atom is 0.303 e. The molecular weight excluding hydrogens is 349 g/mol. The van der Waals surface area contributed by atoms with Gasteiger partial charge in [0.05, 0.1) is 12.1 Å².